The molecule has 0 unspecified atom stereocenters. The first kappa shape index (κ1) is 17.9. The molecule has 4 nitrogen and oxygen atoms in total. The highest BCUT2D eigenvalue weighted by atomic mass is 32.1. The Kier molecular flexibility index (Phi) is 5.39. The summed E-state index contributed by atoms with van der Waals surface area (Å²) in [7, 11) is 0. The molecule has 1 aromatic heterocycles. The minimum atomic E-state index is -0.275. The maximum absolute atomic E-state index is 12.4. The third-order valence-corrected chi connectivity index (χ3v) is 5.29. The Morgan fingerprint density at radius 1 is 1.32 bits per heavy atom. The van der Waals surface area contributed by atoms with Crippen LogP contribution >= 0.6 is 23.6 Å². The summed E-state index contributed by atoms with van der Waals surface area (Å²) in [5.74, 6) is 0.203. The van der Waals surface area contributed by atoms with Crippen molar-refractivity contribution in [2.75, 3.05) is 17.2 Å². The van der Waals surface area contributed by atoms with E-state index < -0.39 is 0 Å². The van der Waals surface area contributed by atoms with Gasteiger partial charge in [0.1, 0.15) is 5.00 Å². The first-order valence-electron chi connectivity index (χ1n) is 8.43. The average Bonchev–Trinajstić information content (AvgIpc) is 3.31. The van der Waals surface area contributed by atoms with Gasteiger partial charge in [-0.15, -0.1) is 11.3 Å². The van der Waals surface area contributed by atoms with Crippen LogP contribution in [0.2, 0.25) is 0 Å². The van der Waals surface area contributed by atoms with Gasteiger partial charge in [-0.3, -0.25) is 0 Å². The van der Waals surface area contributed by atoms with E-state index >= 15 is 0 Å². The van der Waals surface area contributed by atoms with Gasteiger partial charge in [0.25, 0.3) is 0 Å². The Bertz CT molecular complexity index is 810. The lowest BCUT2D eigenvalue weighted by molar-refractivity contribution is 0.0527. The molecule has 0 radical (unpaired) electrons. The average molecular weight is 375 g/mol. The molecule has 0 amide bonds. The molecule has 1 fully saturated rings. The van der Waals surface area contributed by atoms with E-state index in [1.807, 2.05) is 31.4 Å². The van der Waals surface area contributed by atoms with Gasteiger partial charge in [-0.05, 0) is 74.3 Å². The molecule has 1 aliphatic rings. The molecule has 0 saturated heterocycles. The summed E-state index contributed by atoms with van der Waals surface area (Å²) in [5, 5.41) is 9.67. The van der Waals surface area contributed by atoms with E-state index in [1.54, 1.807) is 0 Å². The number of nitrogens with one attached hydrogen (secondary N) is 2. The van der Waals surface area contributed by atoms with Crippen LogP contribution in [0.4, 0.5) is 10.7 Å². The molecule has 0 aliphatic heterocycles. The summed E-state index contributed by atoms with van der Waals surface area (Å²) in [6.45, 7) is 6.28. The quantitative estimate of drug-likeness (QED) is 0.554. The largest absolute Gasteiger partial charge is 0.462 e. The zero-order chi connectivity index (χ0) is 18.0. The normalized spacial score (nSPS) is 13.4. The van der Waals surface area contributed by atoms with Crippen molar-refractivity contribution in [3.05, 3.63) is 45.8 Å². The number of thiophene rings is 1. The van der Waals surface area contributed by atoms with Crippen LogP contribution in [-0.2, 0) is 4.74 Å². The van der Waals surface area contributed by atoms with Gasteiger partial charge in [-0.25, -0.2) is 4.79 Å². The molecule has 132 valence electrons. The minimum Gasteiger partial charge on any atom is -0.462 e. The fraction of sp³-hybridized carbons (Fsp3) is 0.368. The van der Waals surface area contributed by atoms with E-state index in [9.17, 15) is 4.79 Å². The third-order valence-electron chi connectivity index (χ3n) is 4.17. The Balaban J connectivity index is 1.77. The van der Waals surface area contributed by atoms with Gasteiger partial charge in [0.05, 0.1) is 12.2 Å². The van der Waals surface area contributed by atoms with Crippen LogP contribution in [0.25, 0.3) is 0 Å². The Morgan fingerprint density at radius 2 is 2.08 bits per heavy atom. The highest BCUT2D eigenvalue weighted by molar-refractivity contribution is 7.80. The molecule has 6 heteroatoms. The summed E-state index contributed by atoms with van der Waals surface area (Å²) in [6.07, 6.45) is 2.27. The van der Waals surface area contributed by atoms with Crippen LogP contribution in [-0.4, -0.2) is 17.7 Å². The molecule has 0 bridgehead atoms. The van der Waals surface area contributed by atoms with Crippen molar-refractivity contribution in [3.63, 3.8) is 0 Å². The second-order valence-electron chi connectivity index (χ2n) is 6.29. The molecule has 1 aromatic carbocycles. The summed E-state index contributed by atoms with van der Waals surface area (Å²) in [6, 6.07) is 6.15. The van der Waals surface area contributed by atoms with Gasteiger partial charge < -0.3 is 15.4 Å². The first-order chi connectivity index (χ1) is 12.0. The number of carbonyl (C=O) groups is 1. The predicted octanol–water partition coefficient (Wildman–Crippen LogP) is 5.23. The van der Waals surface area contributed by atoms with Crippen LogP contribution in [0.3, 0.4) is 0 Å². The third kappa shape index (κ3) is 4.19. The van der Waals surface area contributed by atoms with Crippen molar-refractivity contribution in [3.8, 4) is 0 Å². The highest BCUT2D eigenvalue weighted by Gasteiger charge is 2.32. The predicted molar refractivity (Wildman–Crippen MR) is 108 cm³/mol. The number of hydrogen-bond donors (Lipinski definition) is 2. The number of hydrogen-bond acceptors (Lipinski definition) is 4. The summed E-state index contributed by atoms with van der Waals surface area (Å²) in [4.78, 5) is 12.4. The number of anilines is 2. The van der Waals surface area contributed by atoms with E-state index in [4.69, 9.17) is 17.0 Å². The fourth-order valence-corrected chi connectivity index (χ4v) is 4.09. The van der Waals surface area contributed by atoms with Crippen LogP contribution in [0, 0.1) is 13.8 Å². The Hall–Kier alpha value is -1.92. The first-order valence-corrected chi connectivity index (χ1v) is 9.72. The molecule has 2 N–H and O–H groups in total. The number of ether oxygens (including phenoxy) is 1. The van der Waals surface area contributed by atoms with E-state index in [0.29, 0.717) is 23.2 Å². The van der Waals surface area contributed by atoms with Crippen molar-refractivity contribution < 1.29 is 9.53 Å². The SMILES string of the molecule is CCOC(=O)c1c(C2CC2)csc1NC(=S)Nc1ccc(C)cc1C. The smallest absolute Gasteiger partial charge is 0.341 e. The lowest BCUT2D eigenvalue weighted by Crippen LogP contribution is -2.21. The van der Waals surface area contributed by atoms with E-state index in [1.165, 1.54) is 16.9 Å². The molecular formula is C19H22N2O2S2. The lowest BCUT2D eigenvalue weighted by Gasteiger charge is -2.13. The summed E-state index contributed by atoms with van der Waals surface area (Å²) < 4.78 is 5.24. The second-order valence-corrected chi connectivity index (χ2v) is 7.58. The van der Waals surface area contributed by atoms with Crippen molar-refractivity contribution in [1.29, 1.82) is 0 Å². The number of benzene rings is 1. The number of esters is 1. The lowest BCUT2D eigenvalue weighted by atomic mass is 10.1. The number of rotatable bonds is 5. The molecule has 0 atom stereocenters. The maximum atomic E-state index is 12.4. The van der Waals surface area contributed by atoms with Crippen molar-refractivity contribution in [1.82, 2.24) is 0 Å². The van der Waals surface area contributed by atoms with Crippen LogP contribution in [0.1, 0.15) is 52.7 Å². The van der Waals surface area contributed by atoms with Gasteiger partial charge in [0.2, 0.25) is 0 Å². The Morgan fingerprint density at radius 3 is 2.72 bits per heavy atom. The van der Waals surface area contributed by atoms with Gasteiger partial charge >= 0.3 is 5.97 Å². The van der Waals surface area contributed by atoms with Crippen LogP contribution in [0.5, 0.6) is 0 Å². The van der Waals surface area contributed by atoms with Crippen LogP contribution < -0.4 is 10.6 Å². The van der Waals surface area contributed by atoms with Crippen molar-refractivity contribution in [2.24, 2.45) is 0 Å². The standard InChI is InChI=1S/C19H22N2O2S2/c1-4-23-18(22)16-14(13-6-7-13)10-25-17(16)21-19(24)20-15-8-5-11(2)9-12(15)3/h5,8-10,13H,4,6-7H2,1-3H3,(H2,20,21,24). The van der Waals surface area contributed by atoms with Crippen molar-refractivity contribution >= 4 is 45.3 Å². The summed E-state index contributed by atoms with van der Waals surface area (Å²) >= 11 is 6.95. The number of carbonyl (C=O) groups excluding carboxylic acids is 1. The molecule has 1 heterocycles. The van der Waals surface area contributed by atoms with E-state index in [-0.39, 0.29) is 5.97 Å². The molecule has 3 rings (SSSR count). The molecule has 1 saturated carbocycles. The van der Waals surface area contributed by atoms with Gasteiger partial charge in [0.15, 0.2) is 5.11 Å². The van der Waals surface area contributed by atoms with E-state index in [0.717, 1.165) is 34.7 Å². The van der Waals surface area contributed by atoms with Crippen LogP contribution in [0.15, 0.2) is 23.6 Å². The van der Waals surface area contributed by atoms with Gasteiger partial charge in [-0.1, -0.05) is 17.7 Å². The maximum Gasteiger partial charge on any atom is 0.341 e. The van der Waals surface area contributed by atoms with E-state index in [2.05, 4.69) is 23.6 Å². The topological polar surface area (TPSA) is 50.4 Å². The molecular weight excluding hydrogens is 352 g/mol. The number of thiocarbonyl (C=S) groups is 1. The minimum absolute atomic E-state index is 0.275. The molecule has 0 spiro atoms. The molecule has 25 heavy (non-hydrogen) atoms. The van der Waals surface area contributed by atoms with Crippen molar-refractivity contribution in [2.45, 2.75) is 39.5 Å². The number of aryl methyl sites for hydroxylation is 2. The second kappa shape index (κ2) is 7.54. The molecule has 1 aliphatic carbocycles. The zero-order valence-corrected chi connectivity index (χ0v) is 16.3. The van der Waals surface area contributed by atoms with Gasteiger partial charge in [-0.2, -0.15) is 0 Å². The fourth-order valence-electron chi connectivity index (χ4n) is 2.78. The Labute approximate surface area is 157 Å². The molecule has 2 aromatic rings. The summed E-state index contributed by atoms with van der Waals surface area (Å²) in [5.41, 5.74) is 5.01. The highest BCUT2D eigenvalue weighted by Crippen LogP contribution is 2.46. The van der Waals surface area contributed by atoms with Gasteiger partial charge in [0, 0.05) is 5.69 Å². The monoisotopic (exact) mass is 374 g/mol. The zero-order valence-electron chi connectivity index (χ0n) is 14.6.